The van der Waals surface area contributed by atoms with Gasteiger partial charge >= 0.3 is 12.1 Å². The van der Waals surface area contributed by atoms with E-state index in [2.05, 4.69) is 5.32 Å². The number of rotatable bonds is 21. The fourth-order valence-electron chi connectivity index (χ4n) is 6.92. The largest absolute Gasteiger partial charge is 0.469 e. The zero-order chi connectivity index (χ0) is 40.2. The van der Waals surface area contributed by atoms with Gasteiger partial charge in [0.2, 0.25) is 0 Å². The van der Waals surface area contributed by atoms with Crippen LogP contribution < -0.4 is 5.32 Å². The van der Waals surface area contributed by atoms with Gasteiger partial charge < -0.3 is 38.5 Å². The molecule has 0 spiro atoms. The minimum absolute atomic E-state index is 0.0560. The standard InChI is InChI=1S/C48H53NO9/c1-52-44(50)29-41(49-48(51)57-34-40-25-15-6-16-26-40)27-28-42-45(54-31-37-19-9-3-10-20-37)47(56-33-39-23-13-5-14-24-39)46(55-32-38-21-11-4-12-22-38)43(58-42)35-53-30-36-17-7-2-8-18-36/h2-26,41-43,45-47H,27-35H2,1H3,(H,49,51)/t41?,42-,43-,45-,46-,47-/m1/s1. The van der Waals surface area contributed by atoms with Gasteiger partial charge in [0.25, 0.3) is 0 Å². The zero-order valence-corrected chi connectivity index (χ0v) is 32.9. The molecule has 1 aliphatic heterocycles. The van der Waals surface area contributed by atoms with E-state index in [1.165, 1.54) is 7.11 Å². The van der Waals surface area contributed by atoms with E-state index in [0.717, 1.165) is 27.8 Å². The third-order valence-corrected chi connectivity index (χ3v) is 9.95. The Morgan fingerprint density at radius 3 is 1.43 bits per heavy atom. The van der Waals surface area contributed by atoms with Gasteiger partial charge in [-0.15, -0.1) is 0 Å². The molecule has 0 bridgehead atoms. The number of benzene rings is 5. The molecule has 0 aliphatic carbocycles. The Hall–Kier alpha value is -5.36. The molecule has 1 amide bonds. The summed E-state index contributed by atoms with van der Waals surface area (Å²) in [6, 6.07) is 48.7. The summed E-state index contributed by atoms with van der Waals surface area (Å²) in [6.45, 7) is 1.63. The minimum Gasteiger partial charge on any atom is -0.469 e. The van der Waals surface area contributed by atoms with Crippen molar-refractivity contribution in [2.45, 2.75) is 88.9 Å². The lowest BCUT2D eigenvalue weighted by molar-refractivity contribution is -0.273. The first kappa shape index (κ1) is 42.3. The van der Waals surface area contributed by atoms with Crippen LogP contribution in [0.4, 0.5) is 4.79 Å². The minimum atomic E-state index is -0.634. The van der Waals surface area contributed by atoms with E-state index < -0.39 is 48.6 Å². The van der Waals surface area contributed by atoms with Gasteiger partial charge in [-0.25, -0.2) is 4.79 Å². The Balaban J connectivity index is 1.27. The lowest BCUT2D eigenvalue weighted by Gasteiger charge is -2.46. The molecule has 6 rings (SSSR count). The fourth-order valence-corrected chi connectivity index (χ4v) is 6.92. The highest BCUT2D eigenvalue weighted by molar-refractivity contribution is 5.72. The third kappa shape index (κ3) is 13.6. The van der Waals surface area contributed by atoms with Crippen molar-refractivity contribution >= 4 is 12.1 Å². The van der Waals surface area contributed by atoms with E-state index >= 15 is 0 Å². The molecule has 10 nitrogen and oxygen atoms in total. The Morgan fingerprint density at radius 2 is 0.966 bits per heavy atom. The van der Waals surface area contributed by atoms with Gasteiger partial charge in [-0.1, -0.05) is 152 Å². The van der Waals surface area contributed by atoms with Crippen LogP contribution in [0.1, 0.15) is 47.1 Å². The zero-order valence-electron chi connectivity index (χ0n) is 32.9. The molecule has 1 unspecified atom stereocenters. The predicted molar refractivity (Wildman–Crippen MR) is 219 cm³/mol. The van der Waals surface area contributed by atoms with Crippen LogP contribution in [-0.2, 0) is 71.0 Å². The predicted octanol–water partition coefficient (Wildman–Crippen LogP) is 8.37. The van der Waals surface area contributed by atoms with Crippen molar-refractivity contribution < 1.29 is 42.7 Å². The molecule has 1 fully saturated rings. The van der Waals surface area contributed by atoms with Gasteiger partial charge in [-0.3, -0.25) is 4.79 Å². The van der Waals surface area contributed by atoms with Crippen LogP contribution in [0.3, 0.4) is 0 Å². The number of nitrogens with one attached hydrogen (secondary N) is 1. The molecule has 1 saturated heterocycles. The maximum Gasteiger partial charge on any atom is 0.407 e. The van der Waals surface area contributed by atoms with Crippen LogP contribution in [0.5, 0.6) is 0 Å². The third-order valence-electron chi connectivity index (χ3n) is 9.95. The molecule has 5 aromatic carbocycles. The number of methoxy groups -OCH3 is 1. The number of alkyl carbamates (subject to hydrolysis) is 1. The quantitative estimate of drug-likeness (QED) is 0.0734. The summed E-state index contributed by atoms with van der Waals surface area (Å²) in [6.07, 6.45) is -2.85. The van der Waals surface area contributed by atoms with Crippen molar-refractivity contribution in [2.75, 3.05) is 13.7 Å². The van der Waals surface area contributed by atoms with E-state index in [1.807, 2.05) is 152 Å². The van der Waals surface area contributed by atoms with Gasteiger partial charge in [-0.2, -0.15) is 0 Å². The molecule has 0 saturated carbocycles. The van der Waals surface area contributed by atoms with Crippen LogP contribution in [0.25, 0.3) is 0 Å². The number of esters is 1. The lowest BCUT2D eigenvalue weighted by atomic mass is 9.90. The summed E-state index contributed by atoms with van der Waals surface area (Å²) in [5.41, 5.74) is 4.88. The number of carbonyl (C=O) groups is 2. The average Bonchev–Trinajstić information content (AvgIpc) is 3.27. The normalized spacial score (nSPS) is 19.5. The Labute approximate surface area is 341 Å². The molecule has 58 heavy (non-hydrogen) atoms. The Morgan fingerprint density at radius 1 is 0.552 bits per heavy atom. The van der Waals surface area contributed by atoms with Crippen molar-refractivity contribution in [2.24, 2.45) is 0 Å². The van der Waals surface area contributed by atoms with Crippen LogP contribution in [0.15, 0.2) is 152 Å². The van der Waals surface area contributed by atoms with Crippen molar-refractivity contribution in [1.82, 2.24) is 5.32 Å². The Kier molecular flexibility index (Phi) is 16.9. The second-order valence-corrected chi connectivity index (χ2v) is 14.3. The SMILES string of the molecule is COC(=O)CC(CC[C@H]1O[C@H](COCc2ccccc2)[C@@H](OCc2ccccc2)[C@H](OCc2ccccc2)[C@@H]1OCc1ccccc1)NC(=O)OCc1ccccc1. The highest BCUT2D eigenvalue weighted by atomic mass is 16.6. The lowest BCUT2D eigenvalue weighted by Crippen LogP contribution is -2.61. The second-order valence-electron chi connectivity index (χ2n) is 14.3. The van der Waals surface area contributed by atoms with Gasteiger partial charge in [0.05, 0.1) is 52.7 Å². The maximum atomic E-state index is 13.1. The van der Waals surface area contributed by atoms with Crippen molar-refractivity contribution in [3.05, 3.63) is 179 Å². The van der Waals surface area contributed by atoms with Crippen LogP contribution in [0, 0.1) is 0 Å². The molecule has 0 radical (unpaired) electrons. The van der Waals surface area contributed by atoms with Gasteiger partial charge in [-0.05, 0) is 40.7 Å². The van der Waals surface area contributed by atoms with Crippen LogP contribution >= 0.6 is 0 Å². The van der Waals surface area contributed by atoms with Crippen molar-refractivity contribution in [3.8, 4) is 0 Å². The number of carbonyl (C=O) groups excluding carboxylic acids is 2. The molecule has 304 valence electrons. The summed E-state index contributed by atoms with van der Waals surface area (Å²) in [5.74, 6) is -0.458. The number of ether oxygens (including phenoxy) is 7. The summed E-state index contributed by atoms with van der Waals surface area (Å²) < 4.78 is 44.3. The summed E-state index contributed by atoms with van der Waals surface area (Å²) in [4.78, 5) is 25.7. The molecule has 0 aromatic heterocycles. The van der Waals surface area contributed by atoms with Crippen molar-refractivity contribution in [3.63, 3.8) is 0 Å². The first-order chi connectivity index (χ1) is 28.5. The first-order valence-electron chi connectivity index (χ1n) is 19.8. The Bertz CT molecular complexity index is 1900. The molecular formula is C48H53NO9. The number of hydrogen-bond donors (Lipinski definition) is 1. The summed E-state index contributed by atoms with van der Waals surface area (Å²) >= 11 is 0. The van der Waals surface area contributed by atoms with Crippen molar-refractivity contribution in [1.29, 1.82) is 0 Å². The maximum absolute atomic E-state index is 13.1. The van der Waals surface area contributed by atoms with E-state index in [4.69, 9.17) is 33.2 Å². The average molecular weight is 788 g/mol. The van der Waals surface area contributed by atoms with E-state index in [1.54, 1.807) is 0 Å². The smallest absolute Gasteiger partial charge is 0.407 e. The van der Waals surface area contributed by atoms with E-state index in [0.29, 0.717) is 39.3 Å². The molecule has 6 atom stereocenters. The molecule has 1 N–H and O–H groups in total. The van der Waals surface area contributed by atoms with E-state index in [9.17, 15) is 9.59 Å². The second kappa shape index (κ2) is 23.1. The van der Waals surface area contributed by atoms with Gasteiger partial charge in [0, 0.05) is 6.04 Å². The molecule has 5 aromatic rings. The van der Waals surface area contributed by atoms with Gasteiger partial charge in [0.1, 0.15) is 31.0 Å². The van der Waals surface area contributed by atoms with E-state index in [-0.39, 0.29) is 19.6 Å². The highest BCUT2D eigenvalue weighted by Gasteiger charge is 2.48. The number of amides is 1. The monoisotopic (exact) mass is 787 g/mol. The fraction of sp³-hybridized carbons (Fsp3) is 0.333. The topological polar surface area (TPSA) is 111 Å². The molecular weight excluding hydrogens is 735 g/mol. The van der Waals surface area contributed by atoms with Crippen LogP contribution in [0.2, 0.25) is 0 Å². The first-order valence-corrected chi connectivity index (χ1v) is 19.8. The molecule has 1 heterocycles. The molecule has 10 heteroatoms. The summed E-state index contributed by atoms with van der Waals surface area (Å²) in [5, 5.41) is 2.89. The highest BCUT2D eigenvalue weighted by Crippen LogP contribution is 2.33. The van der Waals surface area contributed by atoms with Gasteiger partial charge in [0.15, 0.2) is 0 Å². The van der Waals surface area contributed by atoms with Crippen LogP contribution in [-0.4, -0.2) is 62.3 Å². The number of hydrogen-bond acceptors (Lipinski definition) is 9. The molecule has 1 aliphatic rings. The summed E-state index contributed by atoms with van der Waals surface area (Å²) in [7, 11) is 1.33.